The van der Waals surface area contributed by atoms with E-state index in [0.29, 0.717) is 10.9 Å². The summed E-state index contributed by atoms with van der Waals surface area (Å²) in [6.45, 7) is 0. The molecule has 22 heavy (non-hydrogen) atoms. The molecule has 118 valence electrons. The maximum atomic E-state index is 10.1. The van der Waals surface area contributed by atoms with Crippen molar-refractivity contribution in [2.24, 2.45) is 0 Å². The van der Waals surface area contributed by atoms with E-state index in [1.807, 2.05) is 6.07 Å². The molecule has 0 radical (unpaired) electrons. The number of hydrogen-bond donors (Lipinski definition) is 0. The third kappa shape index (κ3) is 9.33. The molecule has 1 unspecified atom stereocenters. The van der Waals surface area contributed by atoms with Crippen LogP contribution in [0.25, 0.3) is 6.08 Å². The highest BCUT2D eigenvalue weighted by Crippen LogP contribution is 2.11. The fourth-order valence-corrected chi connectivity index (χ4v) is 2.84. The highest BCUT2D eigenvalue weighted by Gasteiger charge is 2.11. The molecule has 0 bridgehead atoms. The molecule has 0 aliphatic rings. The second-order valence-corrected chi connectivity index (χ2v) is 7.19. The van der Waals surface area contributed by atoms with E-state index >= 15 is 0 Å². The second kappa shape index (κ2) is 9.40. The zero-order valence-corrected chi connectivity index (χ0v) is 13.7. The van der Waals surface area contributed by atoms with Gasteiger partial charge in [0.25, 0.3) is 10.5 Å². The lowest BCUT2D eigenvalue weighted by Crippen LogP contribution is -2.02. The Kier molecular flexibility index (Phi) is 7.87. The Hall–Kier alpha value is -1.63. The minimum atomic E-state index is -5.42. The highest BCUT2D eigenvalue weighted by atomic mass is 32.3. The van der Waals surface area contributed by atoms with Gasteiger partial charge in [0.2, 0.25) is 0 Å². The summed E-state index contributed by atoms with van der Waals surface area (Å²) in [5, 5.41) is 0. The second-order valence-electron chi connectivity index (χ2n) is 4.32. The summed E-state index contributed by atoms with van der Waals surface area (Å²) in [5.41, 5.74) is 1.28. The first kappa shape index (κ1) is 18.4. The number of rotatable bonds is 4. The van der Waals surface area contributed by atoms with Crippen LogP contribution in [0.15, 0.2) is 71.6 Å². The molecule has 0 heterocycles. The molecule has 3 nitrogen and oxygen atoms in total. The van der Waals surface area contributed by atoms with E-state index in [0.717, 1.165) is 5.75 Å². The zero-order valence-electron chi connectivity index (χ0n) is 12.1. The van der Waals surface area contributed by atoms with Gasteiger partial charge in [-0.15, -0.1) is 3.89 Å². The van der Waals surface area contributed by atoms with Crippen molar-refractivity contribution in [1.82, 2.24) is 0 Å². The van der Waals surface area contributed by atoms with Gasteiger partial charge in [0.05, 0.1) is 0 Å². The van der Waals surface area contributed by atoms with Gasteiger partial charge >= 0.3 is 0 Å². The molecule has 6 heteroatoms. The Morgan fingerprint density at radius 3 is 2.00 bits per heavy atom. The number of benzene rings is 2. The van der Waals surface area contributed by atoms with Crippen LogP contribution in [0.3, 0.4) is 0 Å². The summed E-state index contributed by atoms with van der Waals surface area (Å²) in [4.78, 5) is 1.44. The first-order valence-corrected chi connectivity index (χ1v) is 9.52. The van der Waals surface area contributed by atoms with E-state index in [4.69, 9.17) is 13.0 Å². The maximum absolute atomic E-state index is 10.1. The molecule has 0 saturated heterocycles. The molecular formula is C16H17FO3S2. The number of halogens is 1. The average Bonchev–Trinajstić information content (AvgIpc) is 2.47. The predicted molar refractivity (Wildman–Crippen MR) is 89.1 cm³/mol. The monoisotopic (exact) mass is 340 g/mol. The fraction of sp³-hybridized carbons (Fsp3) is 0.125. The molecule has 0 fully saturated rings. The van der Waals surface area contributed by atoms with Crippen molar-refractivity contribution in [2.75, 3.05) is 12.0 Å². The van der Waals surface area contributed by atoms with Crippen LogP contribution in [0.1, 0.15) is 5.56 Å². The van der Waals surface area contributed by atoms with Gasteiger partial charge in [-0.1, -0.05) is 54.6 Å². The van der Waals surface area contributed by atoms with Crippen molar-refractivity contribution >= 4 is 27.5 Å². The Morgan fingerprint density at radius 2 is 1.50 bits per heavy atom. The van der Waals surface area contributed by atoms with Crippen LogP contribution in [0.4, 0.5) is 3.89 Å². The first-order valence-electron chi connectivity index (χ1n) is 6.41. The van der Waals surface area contributed by atoms with Crippen LogP contribution in [0.5, 0.6) is 0 Å². The predicted octanol–water partition coefficient (Wildman–Crippen LogP) is 3.42. The van der Waals surface area contributed by atoms with Crippen molar-refractivity contribution in [2.45, 2.75) is 4.90 Å². The van der Waals surface area contributed by atoms with E-state index in [-0.39, 0.29) is 0 Å². The lowest BCUT2D eigenvalue weighted by Gasteiger charge is -1.98. The van der Waals surface area contributed by atoms with Gasteiger partial charge in [-0.3, -0.25) is 0 Å². The largest absolute Gasteiger partial charge is 0.722 e. The van der Waals surface area contributed by atoms with E-state index in [9.17, 15) is 3.89 Å². The van der Waals surface area contributed by atoms with Crippen LogP contribution in [-0.4, -0.2) is 25.0 Å². The third-order valence-corrected chi connectivity index (χ3v) is 4.37. The lowest BCUT2D eigenvalue weighted by molar-refractivity contribution is 0.417. The normalized spacial score (nSPS) is 12.5. The Labute approximate surface area is 133 Å². The van der Waals surface area contributed by atoms with Crippen molar-refractivity contribution in [3.8, 4) is 0 Å². The fourth-order valence-electron chi connectivity index (χ4n) is 1.64. The van der Waals surface area contributed by atoms with Crippen molar-refractivity contribution in [3.05, 3.63) is 72.3 Å². The Bertz CT molecular complexity index is 663. The van der Waals surface area contributed by atoms with Gasteiger partial charge in [0, 0.05) is 10.9 Å². The average molecular weight is 340 g/mol. The van der Waals surface area contributed by atoms with Gasteiger partial charge in [-0.05, 0) is 23.8 Å². The molecule has 2 rings (SSSR count). The quantitative estimate of drug-likeness (QED) is 0.487. The summed E-state index contributed by atoms with van der Waals surface area (Å²) in [6.07, 6.45) is 6.77. The lowest BCUT2D eigenvalue weighted by atomic mass is 10.2. The van der Waals surface area contributed by atoms with Crippen molar-refractivity contribution in [3.63, 3.8) is 0 Å². The molecule has 0 spiro atoms. The van der Waals surface area contributed by atoms with Gasteiger partial charge in [0.15, 0.2) is 4.90 Å². The summed E-state index contributed by atoms with van der Waals surface area (Å²) < 4.78 is 35.3. The molecule has 0 aliphatic carbocycles. The van der Waals surface area contributed by atoms with Crippen LogP contribution in [-0.2, 0) is 21.4 Å². The zero-order chi connectivity index (χ0) is 16.4. The van der Waals surface area contributed by atoms with E-state index < -0.39 is 10.5 Å². The Morgan fingerprint density at radius 1 is 1.05 bits per heavy atom. The standard InChI is InChI=1S/C16H17S.FHO3S/c1-17(16-12-6-3-7-13-16)14-8-11-15-9-4-2-5-10-15;1-5(2,3)4/h2-13H,14H2,1H3;(H,2,3,4)/q+1;/p-1/b11-8+;. The topological polar surface area (TPSA) is 57.2 Å². The third-order valence-electron chi connectivity index (χ3n) is 2.60. The molecule has 0 N–H and O–H groups in total. The van der Waals surface area contributed by atoms with Crippen LogP contribution < -0.4 is 0 Å². The summed E-state index contributed by atoms with van der Waals surface area (Å²) >= 11 is 0. The van der Waals surface area contributed by atoms with Gasteiger partial charge in [-0.2, -0.15) is 0 Å². The van der Waals surface area contributed by atoms with Crippen molar-refractivity contribution in [1.29, 1.82) is 0 Å². The SMILES string of the molecule is C[S+](C/C=C/c1ccccc1)c1ccccc1.O=S(=O)([O-])F. The Balaban J connectivity index is 0.000000422. The van der Waals surface area contributed by atoms with Gasteiger partial charge in [-0.25, -0.2) is 8.42 Å². The molecule has 0 saturated carbocycles. The van der Waals surface area contributed by atoms with E-state index in [1.165, 1.54) is 10.5 Å². The highest BCUT2D eigenvalue weighted by molar-refractivity contribution is 7.96. The molecule has 2 aromatic rings. The van der Waals surface area contributed by atoms with E-state index in [2.05, 4.69) is 73.0 Å². The van der Waals surface area contributed by atoms with Crippen molar-refractivity contribution < 1.29 is 16.9 Å². The van der Waals surface area contributed by atoms with Crippen LogP contribution >= 0.6 is 0 Å². The molecular weight excluding hydrogens is 323 g/mol. The minimum Gasteiger partial charge on any atom is -0.722 e. The molecule has 1 atom stereocenters. The molecule has 0 aliphatic heterocycles. The van der Waals surface area contributed by atoms with E-state index in [1.54, 1.807) is 0 Å². The summed E-state index contributed by atoms with van der Waals surface area (Å²) in [7, 11) is -5.11. The first-order chi connectivity index (χ1) is 10.4. The van der Waals surface area contributed by atoms with Gasteiger partial charge < -0.3 is 4.55 Å². The summed E-state index contributed by atoms with van der Waals surface area (Å²) in [5.74, 6) is 1.11. The summed E-state index contributed by atoms with van der Waals surface area (Å²) in [6, 6.07) is 21.2. The molecule has 0 amide bonds. The maximum Gasteiger partial charge on any atom is 0.255 e. The smallest absolute Gasteiger partial charge is 0.255 e. The molecule has 0 aromatic heterocycles. The van der Waals surface area contributed by atoms with Crippen LogP contribution in [0.2, 0.25) is 0 Å². The minimum absolute atomic E-state index is 0.306. The number of hydrogen-bond acceptors (Lipinski definition) is 3. The van der Waals surface area contributed by atoms with Gasteiger partial charge in [0.1, 0.15) is 12.0 Å². The van der Waals surface area contributed by atoms with Crippen LogP contribution in [0, 0.1) is 0 Å². The molecule has 2 aromatic carbocycles.